The zero-order valence-electron chi connectivity index (χ0n) is 10.7. The van der Waals surface area contributed by atoms with Gasteiger partial charge < -0.3 is 5.32 Å². The van der Waals surface area contributed by atoms with Gasteiger partial charge in [-0.05, 0) is 18.3 Å². The van der Waals surface area contributed by atoms with Crippen LogP contribution in [0.3, 0.4) is 0 Å². The van der Waals surface area contributed by atoms with E-state index in [-0.39, 0.29) is 31.9 Å². The van der Waals surface area contributed by atoms with Crippen molar-refractivity contribution in [2.75, 3.05) is 0 Å². The Hall–Kier alpha value is -0.860. The van der Waals surface area contributed by atoms with Crippen molar-refractivity contribution in [3.63, 3.8) is 0 Å². The molecule has 0 rings (SSSR count). The summed E-state index contributed by atoms with van der Waals surface area (Å²) in [4.78, 5) is 22.9. The first-order valence-corrected chi connectivity index (χ1v) is 5.43. The average Bonchev–Trinajstić information content (AvgIpc) is 1.95. The molecular weight excluding hydrogens is 190 g/mol. The lowest BCUT2D eigenvalue weighted by molar-refractivity contribution is -0.128. The molecule has 1 atom stereocenters. The van der Waals surface area contributed by atoms with E-state index in [1.54, 1.807) is 0 Å². The van der Waals surface area contributed by atoms with Crippen molar-refractivity contribution in [1.82, 2.24) is 5.32 Å². The molecule has 0 heterocycles. The summed E-state index contributed by atoms with van der Waals surface area (Å²) in [7, 11) is 0. The zero-order valence-corrected chi connectivity index (χ0v) is 10.7. The Morgan fingerprint density at radius 3 is 2.00 bits per heavy atom. The van der Waals surface area contributed by atoms with Crippen LogP contribution in [0.5, 0.6) is 0 Å². The average molecular weight is 217 g/mol. The number of ketones is 1. The zero-order chi connectivity index (χ0) is 12.2. The van der Waals surface area contributed by atoms with E-state index in [9.17, 15) is 9.59 Å². The molecule has 0 aromatic rings. The van der Waals surface area contributed by atoms with Gasteiger partial charge in [0.05, 0.1) is 6.04 Å². The summed E-state index contributed by atoms with van der Waals surface area (Å²) in [5.41, 5.74) is -0.0393. The van der Waals surface area contributed by atoms with Gasteiger partial charge >= 0.3 is 0 Å². The van der Waals surface area contributed by atoms with Crippen LogP contribution in [0.2, 0.25) is 0 Å². The van der Waals surface area contributed by atoms with Crippen LogP contribution in [0.1, 0.15) is 50.8 Å². The van der Waals surface area contributed by atoms with E-state index in [1.165, 1.54) is 6.92 Å². The minimum absolute atomic E-state index is 0. The van der Waals surface area contributed by atoms with Gasteiger partial charge in [0.2, 0.25) is 5.91 Å². The van der Waals surface area contributed by atoms with Crippen molar-refractivity contribution in [3.8, 4) is 0 Å². The monoisotopic (exact) mass is 217 g/mol. The molecular formula is C12H27NO2. The molecule has 1 amide bonds. The summed E-state index contributed by atoms with van der Waals surface area (Å²) in [6, 6.07) is -0.347. The van der Waals surface area contributed by atoms with Crippen LogP contribution in [0.25, 0.3) is 0 Å². The number of hydrogen-bond donors (Lipinski definition) is 1. The van der Waals surface area contributed by atoms with Gasteiger partial charge in [-0.2, -0.15) is 0 Å². The predicted octanol–water partition coefficient (Wildman–Crippen LogP) is 2.64. The van der Waals surface area contributed by atoms with E-state index in [0.717, 1.165) is 0 Å². The van der Waals surface area contributed by atoms with Crippen LogP contribution in [-0.4, -0.2) is 17.7 Å². The molecule has 15 heavy (non-hydrogen) atoms. The molecule has 92 valence electrons. The summed E-state index contributed by atoms with van der Waals surface area (Å²) < 4.78 is 0. The molecule has 0 fully saturated rings. The topological polar surface area (TPSA) is 46.2 Å². The van der Waals surface area contributed by atoms with E-state index in [1.807, 2.05) is 34.6 Å². The smallest absolute Gasteiger partial charge is 0.221 e. The predicted molar refractivity (Wildman–Crippen MR) is 65.7 cm³/mol. The highest BCUT2D eigenvalue weighted by atomic mass is 16.2. The number of Topliss-reactive ketones (excluding diaryl/α,β-unsaturated/α-hetero) is 1. The highest BCUT2D eigenvalue weighted by Crippen LogP contribution is 2.18. The van der Waals surface area contributed by atoms with Gasteiger partial charge in [-0.1, -0.05) is 34.6 Å². The van der Waals surface area contributed by atoms with Crippen molar-refractivity contribution in [2.24, 2.45) is 11.3 Å². The molecule has 0 radical (unpaired) electrons. The Balaban J connectivity index is -0.000000980. The molecule has 0 aromatic carbocycles. The Labute approximate surface area is 95.6 Å². The van der Waals surface area contributed by atoms with Crippen molar-refractivity contribution in [2.45, 2.75) is 54.0 Å². The second-order valence-electron chi connectivity index (χ2n) is 5.64. The van der Waals surface area contributed by atoms with Gasteiger partial charge in [0.15, 0.2) is 5.78 Å². The number of rotatable bonds is 4. The minimum atomic E-state index is -0.347. The van der Waals surface area contributed by atoms with Gasteiger partial charge in [0.25, 0.3) is 0 Å². The lowest BCUT2D eigenvalue weighted by Gasteiger charge is -2.23. The summed E-state index contributed by atoms with van der Waals surface area (Å²) in [6.45, 7) is 11.4. The SMILES string of the molecule is CC(=O)[C@H](NC(=O)CC(C)(C)C)C(C)C.[HH].[HH]. The van der Waals surface area contributed by atoms with E-state index < -0.39 is 0 Å². The Bertz CT molecular complexity index is 247. The highest BCUT2D eigenvalue weighted by molar-refractivity contribution is 5.87. The van der Waals surface area contributed by atoms with Crippen LogP contribution in [-0.2, 0) is 9.59 Å². The van der Waals surface area contributed by atoms with Gasteiger partial charge in [0, 0.05) is 9.27 Å². The number of carbonyl (C=O) groups is 2. The van der Waals surface area contributed by atoms with E-state index in [0.29, 0.717) is 6.42 Å². The minimum Gasteiger partial charge on any atom is -0.346 e. The largest absolute Gasteiger partial charge is 0.346 e. The molecule has 0 aliphatic rings. The Morgan fingerprint density at radius 2 is 1.73 bits per heavy atom. The lowest BCUT2D eigenvalue weighted by atomic mass is 9.91. The first-order valence-electron chi connectivity index (χ1n) is 5.43. The Kier molecular flexibility index (Phi) is 4.98. The number of carbonyl (C=O) groups excluding carboxylic acids is 2. The third-order valence-corrected chi connectivity index (χ3v) is 2.11. The van der Waals surface area contributed by atoms with Gasteiger partial charge in [-0.15, -0.1) is 0 Å². The van der Waals surface area contributed by atoms with Crippen LogP contribution < -0.4 is 5.32 Å². The quantitative estimate of drug-likeness (QED) is 0.787. The molecule has 0 saturated heterocycles. The van der Waals surface area contributed by atoms with E-state index in [2.05, 4.69) is 5.32 Å². The second kappa shape index (κ2) is 5.29. The maximum atomic E-state index is 11.6. The molecule has 0 saturated carbocycles. The maximum absolute atomic E-state index is 11.6. The first kappa shape index (κ1) is 14.1. The van der Waals surface area contributed by atoms with Gasteiger partial charge in [-0.25, -0.2) is 0 Å². The Morgan fingerprint density at radius 1 is 1.27 bits per heavy atom. The maximum Gasteiger partial charge on any atom is 0.221 e. The van der Waals surface area contributed by atoms with Crippen LogP contribution in [0.4, 0.5) is 0 Å². The van der Waals surface area contributed by atoms with Crippen molar-refractivity contribution in [1.29, 1.82) is 0 Å². The molecule has 0 aromatic heterocycles. The van der Waals surface area contributed by atoms with Crippen molar-refractivity contribution < 1.29 is 12.4 Å². The number of amides is 1. The summed E-state index contributed by atoms with van der Waals surface area (Å²) in [5.74, 6) is 0.120. The molecule has 1 N–H and O–H groups in total. The third kappa shape index (κ3) is 6.26. The van der Waals surface area contributed by atoms with E-state index in [4.69, 9.17) is 0 Å². The van der Waals surface area contributed by atoms with Gasteiger partial charge in [0.1, 0.15) is 0 Å². The number of hydrogen-bond acceptors (Lipinski definition) is 2. The first-order chi connectivity index (χ1) is 6.63. The molecule has 0 unspecified atom stereocenters. The lowest BCUT2D eigenvalue weighted by Crippen LogP contribution is -2.44. The normalized spacial score (nSPS) is 13.8. The fourth-order valence-electron chi connectivity index (χ4n) is 1.44. The van der Waals surface area contributed by atoms with E-state index >= 15 is 0 Å². The van der Waals surface area contributed by atoms with Crippen molar-refractivity contribution >= 4 is 11.7 Å². The fourth-order valence-corrected chi connectivity index (χ4v) is 1.44. The second-order valence-corrected chi connectivity index (χ2v) is 5.64. The van der Waals surface area contributed by atoms with Crippen LogP contribution in [0, 0.1) is 11.3 Å². The fraction of sp³-hybridized carbons (Fsp3) is 0.833. The molecule has 0 bridgehead atoms. The van der Waals surface area contributed by atoms with Crippen LogP contribution in [0.15, 0.2) is 0 Å². The van der Waals surface area contributed by atoms with Gasteiger partial charge in [-0.3, -0.25) is 9.59 Å². The molecule has 0 aliphatic carbocycles. The van der Waals surface area contributed by atoms with Crippen molar-refractivity contribution in [3.05, 3.63) is 0 Å². The summed E-state index contributed by atoms with van der Waals surface area (Å²) >= 11 is 0. The molecule has 0 aliphatic heterocycles. The van der Waals surface area contributed by atoms with Crippen LogP contribution >= 0.6 is 0 Å². The number of nitrogens with one attached hydrogen (secondary N) is 1. The molecule has 3 nitrogen and oxygen atoms in total. The third-order valence-electron chi connectivity index (χ3n) is 2.11. The molecule has 3 heteroatoms. The summed E-state index contributed by atoms with van der Waals surface area (Å²) in [6.07, 6.45) is 0.448. The standard InChI is InChI=1S/C12H23NO2.2H2/c1-8(2)11(9(3)14)13-10(15)7-12(4,5)6;;/h8,11H,7H2,1-6H3,(H,13,15);2*1H/t11-;;/m1../s1. The summed E-state index contributed by atoms with van der Waals surface area (Å²) in [5, 5.41) is 2.78. The molecule has 0 spiro atoms. The highest BCUT2D eigenvalue weighted by Gasteiger charge is 2.23.